The van der Waals surface area contributed by atoms with Crippen molar-refractivity contribution in [3.8, 4) is 0 Å². The molecule has 0 bridgehead atoms. The smallest absolute Gasteiger partial charge is 0.185 e. The largest absolute Gasteiger partial charge is 0.346 e. The summed E-state index contributed by atoms with van der Waals surface area (Å²) in [6.07, 6.45) is 3.93. The molecule has 0 aromatic carbocycles. The molecule has 1 aromatic rings. The monoisotopic (exact) mass is 266 g/mol. The molecule has 1 saturated heterocycles. The Bertz CT molecular complexity index is 399. The van der Waals surface area contributed by atoms with Crippen LogP contribution in [0.4, 0.5) is 5.13 Å². The van der Waals surface area contributed by atoms with E-state index in [0.29, 0.717) is 6.04 Å². The summed E-state index contributed by atoms with van der Waals surface area (Å²) in [5, 5.41) is 6.92. The van der Waals surface area contributed by atoms with Crippen LogP contribution in [-0.2, 0) is 6.54 Å². The van der Waals surface area contributed by atoms with Gasteiger partial charge >= 0.3 is 0 Å². The van der Waals surface area contributed by atoms with Crippen LogP contribution in [0.3, 0.4) is 0 Å². The second-order valence-electron chi connectivity index (χ2n) is 5.63. The maximum Gasteiger partial charge on any atom is 0.185 e. The zero-order valence-corrected chi connectivity index (χ0v) is 12.0. The van der Waals surface area contributed by atoms with E-state index in [1.54, 1.807) is 11.3 Å². The van der Waals surface area contributed by atoms with E-state index in [9.17, 15) is 0 Å². The summed E-state index contributed by atoms with van der Waals surface area (Å²) in [7, 11) is 4.34. The number of hydrogen-bond acceptors (Lipinski definition) is 5. The summed E-state index contributed by atoms with van der Waals surface area (Å²) in [4.78, 5) is 9.50. The van der Waals surface area contributed by atoms with E-state index >= 15 is 0 Å². The Kier molecular flexibility index (Phi) is 3.54. The Morgan fingerprint density at radius 3 is 2.94 bits per heavy atom. The van der Waals surface area contributed by atoms with Gasteiger partial charge in [0.2, 0.25) is 0 Å². The fraction of sp³-hybridized carbons (Fsp3) is 0.769. The van der Waals surface area contributed by atoms with Crippen LogP contribution in [0.2, 0.25) is 0 Å². The lowest BCUT2D eigenvalue weighted by Gasteiger charge is -2.19. The van der Waals surface area contributed by atoms with Crippen molar-refractivity contribution >= 4 is 16.5 Å². The van der Waals surface area contributed by atoms with Gasteiger partial charge in [0, 0.05) is 37.1 Å². The number of nitrogens with one attached hydrogen (secondary N) is 1. The van der Waals surface area contributed by atoms with Gasteiger partial charge in [-0.3, -0.25) is 0 Å². The molecule has 1 aromatic heterocycles. The van der Waals surface area contributed by atoms with Crippen LogP contribution >= 0.6 is 11.3 Å². The maximum absolute atomic E-state index is 4.75. The molecule has 100 valence electrons. The van der Waals surface area contributed by atoms with Gasteiger partial charge in [-0.25, -0.2) is 4.98 Å². The normalized spacial score (nSPS) is 24.2. The second-order valence-corrected chi connectivity index (χ2v) is 6.47. The number of hydrogen-bond donors (Lipinski definition) is 1. The number of likely N-dealkylation sites (N-methyl/N-ethyl adjacent to an activating group) is 1. The van der Waals surface area contributed by atoms with Gasteiger partial charge in [-0.05, 0) is 33.4 Å². The summed E-state index contributed by atoms with van der Waals surface area (Å²) < 4.78 is 0. The molecule has 2 aliphatic rings. The van der Waals surface area contributed by atoms with Crippen LogP contribution in [0.25, 0.3) is 0 Å². The highest BCUT2D eigenvalue weighted by Gasteiger charge is 2.26. The van der Waals surface area contributed by atoms with E-state index in [-0.39, 0.29) is 0 Å². The second kappa shape index (κ2) is 5.15. The maximum atomic E-state index is 4.75. The van der Waals surface area contributed by atoms with Crippen molar-refractivity contribution in [1.29, 1.82) is 0 Å². The first-order chi connectivity index (χ1) is 8.72. The summed E-state index contributed by atoms with van der Waals surface area (Å²) in [5.74, 6) is 0. The van der Waals surface area contributed by atoms with Crippen LogP contribution in [0.15, 0.2) is 5.38 Å². The molecule has 1 saturated carbocycles. The molecular weight excluding hydrogens is 244 g/mol. The highest BCUT2D eigenvalue weighted by atomic mass is 32.1. The minimum absolute atomic E-state index is 0.682. The van der Waals surface area contributed by atoms with Gasteiger partial charge < -0.3 is 15.1 Å². The Morgan fingerprint density at radius 1 is 1.44 bits per heavy atom. The lowest BCUT2D eigenvalue weighted by Crippen LogP contribution is -2.31. The van der Waals surface area contributed by atoms with Crippen molar-refractivity contribution < 1.29 is 0 Å². The molecule has 0 amide bonds. The van der Waals surface area contributed by atoms with E-state index in [2.05, 4.69) is 34.6 Å². The predicted octanol–water partition coefficient (Wildman–Crippen LogP) is 1.54. The Labute approximate surface area is 113 Å². The first-order valence-corrected chi connectivity index (χ1v) is 7.69. The van der Waals surface area contributed by atoms with Gasteiger partial charge in [0.25, 0.3) is 0 Å². The minimum Gasteiger partial charge on any atom is -0.346 e. The fourth-order valence-corrected chi connectivity index (χ4v) is 3.26. The van der Waals surface area contributed by atoms with E-state index < -0.39 is 0 Å². The lowest BCUT2D eigenvalue weighted by molar-refractivity contribution is 0.315. The highest BCUT2D eigenvalue weighted by Crippen LogP contribution is 2.26. The average molecular weight is 266 g/mol. The highest BCUT2D eigenvalue weighted by molar-refractivity contribution is 7.13. The third kappa shape index (κ3) is 2.84. The molecule has 0 spiro atoms. The molecule has 2 fully saturated rings. The molecule has 5 heteroatoms. The van der Waals surface area contributed by atoms with Crippen molar-refractivity contribution in [3.05, 3.63) is 11.1 Å². The molecule has 1 aliphatic carbocycles. The molecule has 1 unspecified atom stereocenters. The van der Waals surface area contributed by atoms with Gasteiger partial charge in [-0.2, -0.15) is 0 Å². The fourth-order valence-electron chi connectivity index (χ4n) is 2.40. The van der Waals surface area contributed by atoms with Gasteiger partial charge in [-0.15, -0.1) is 11.3 Å². The van der Waals surface area contributed by atoms with Crippen LogP contribution in [0.5, 0.6) is 0 Å². The molecule has 4 nitrogen and oxygen atoms in total. The minimum atomic E-state index is 0.682. The summed E-state index contributed by atoms with van der Waals surface area (Å²) in [6.45, 7) is 3.20. The molecular formula is C13H22N4S. The van der Waals surface area contributed by atoms with Gasteiger partial charge in [0.1, 0.15) is 0 Å². The molecule has 1 atom stereocenters. The van der Waals surface area contributed by atoms with Gasteiger partial charge in [0.05, 0.1) is 5.69 Å². The van der Waals surface area contributed by atoms with E-state index in [1.807, 2.05) is 0 Å². The number of nitrogens with zero attached hydrogens (tertiary/aromatic N) is 3. The predicted molar refractivity (Wildman–Crippen MR) is 76.3 cm³/mol. The van der Waals surface area contributed by atoms with Crippen LogP contribution in [0.1, 0.15) is 25.0 Å². The van der Waals surface area contributed by atoms with Gasteiger partial charge in [-0.1, -0.05) is 0 Å². The standard InChI is InChI=1S/C13H22N4S/c1-16(2)12-5-6-17(8-12)13-15-11(9-18-13)7-14-10-3-4-10/h9-10,12,14H,3-8H2,1-2H3. The molecule has 3 rings (SSSR count). The van der Waals surface area contributed by atoms with Crippen LogP contribution in [-0.4, -0.2) is 49.2 Å². The van der Waals surface area contributed by atoms with Crippen molar-refractivity contribution in [2.24, 2.45) is 0 Å². The Balaban J connectivity index is 1.55. The number of thiazole rings is 1. The van der Waals surface area contributed by atoms with Crippen molar-refractivity contribution in [2.45, 2.75) is 37.9 Å². The Morgan fingerprint density at radius 2 is 2.28 bits per heavy atom. The van der Waals surface area contributed by atoms with E-state index in [0.717, 1.165) is 25.7 Å². The van der Waals surface area contributed by atoms with Gasteiger partial charge in [0.15, 0.2) is 5.13 Å². The summed E-state index contributed by atoms with van der Waals surface area (Å²) in [6, 6.07) is 1.45. The first-order valence-electron chi connectivity index (χ1n) is 6.81. The zero-order chi connectivity index (χ0) is 12.5. The SMILES string of the molecule is CN(C)C1CCN(c2nc(CNC3CC3)cs2)C1. The van der Waals surface area contributed by atoms with Crippen LogP contribution in [0, 0.1) is 0 Å². The Hall–Kier alpha value is -0.650. The molecule has 1 N–H and O–H groups in total. The lowest BCUT2D eigenvalue weighted by atomic mass is 10.2. The molecule has 18 heavy (non-hydrogen) atoms. The summed E-state index contributed by atoms with van der Waals surface area (Å²) in [5.41, 5.74) is 1.20. The van der Waals surface area contributed by atoms with E-state index in [1.165, 1.54) is 30.1 Å². The number of aromatic nitrogens is 1. The third-order valence-electron chi connectivity index (χ3n) is 3.85. The molecule has 2 heterocycles. The van der Waals surface area contributed by atoms with E-state index in [4.69, 9.17) is 4.98 Å². The average Bonchev–Trinajstić information content (AvgIpc) is 2.88. The number of rotatable bonds is 5. The number of anilines is 1. The quantitative estimate of drug-likeness (QED) is 0.876. The van der Waals surface area contributed by atoms with Crippen molar-refractivity contribution in [3.63, 3.8) is 0 Å². The zero-order valence-electron chi connectivity index (χ0n) is 11.2. The topological polar surface area (TPSA) is 31.4 Å². The van der Waals surface area contributed by atoms with Crippen molar-refractivity contribution in [1.82, 2.24) is 15.2 Å². The third-order valence-corrected chi connectivity index (χ3v) is 4.80. The summed E-state index contributed by atoms with van der Waals surface area (Å²) >= 11 is 1.79. The van der Waals surface area contributed by atoms with Crippen LogP contribution < -0.4 is 10.2 Å². The first kappa shape index (κ1) is 12.4. The molecule has 1 aliphatic heterocycles. The molecule has 0 radical (unpaired) electrons. The van der Waals surface area contributed by atoms with Crippen molar-refractivity contribution in [2.75, 3.05) is 32.1 Å².